The van der Waals surface area contributed by atoms with Crippen molar-refractivity contribution in [2.45, 2.75) is 38.9 Å². The van der Waals surface area contributed by atoms with Gasteiger partial charge in [-0.1, -0.05) is 38.1 Å². The first-order valence-electron chi connectivity index (χ1n) is 10.7. The van der Waals surface area contributed by atoms with Crippen molar-refractivity contribution < 1.29 is 22.5 Å². The SMILES string of the molecule is Cn1cc(Nc2ncnc(-c3ccc(CNC(=O)c4noc(C(C)(C)C)n4)c(C(F)(F)F)c3)n2)cn1. The number of rotatable bonds is 6. The minimum Gasteiger partial charge on any atom is -0.345 e. The summed E-state index contributed by atoms with van der Waals surface area (Å²) in [5.74, 6) is -0.590. The zero-order valence-corrected chi connectivity index (χ0v) is 19.8. The van der Waals surface area contributed by atoms with Crippen molar-refractivity contribution in [3.05, 3.63) is 59.8 Å². The minimum atomic E-state index is -4.69. The third kappa shape index (κ3) is 5.64. The lowest BCUT2D eigenvalue weighted by molar-refractivity contribution is -0.138. The number of aromatic nitrogens is 7. The quantitative estimate of drug-likeness (QED) is 0.406. The van der Waals surface area contributed by atoms with Gasteiger partial charge in [0.15, 0.2) is 5.82 Å². The average Bonchev–Trinajstić information content (AvgIpc) is 3.46. The number of carbonyl (C=O) groups is 1. The van der Waals surface area contributed by atoms with Crippen molar-refractivity contribution in [1.82, 2.24) is 40.2 Å². The van der Waals surface area contributed by atoms with Crippen LogP contribution in [0.4, 0.5) is 24.8 Å². The topological polar surface area (TPSA) is 137 Å². The largest absolute Gasteiger partial charge is 0.416 e. The number of halogens is 3. The molecule has 2 N–H and O–H groups in total. The van der Waals surface area contributed by atoms with E-state index in [0.717, 1.165) is 6.07 Å². The summed E-state index contributed by atoms with van der Waals surface area (Å²) in [6.45, 7) is 5.07. The van der Waals surface area contributed by atoms with Gasteiger partial charge in [0.25, 0.3) is 11.7 Å². The molecule has 0 fully saturated rings. The van der Waals surface area contributed by atoms with Crippen LogP contribution in [0.1, 0.15) is 48.4 Å². The Hall–Kier alpha value is -4.36. The molecule has 0 unspecified atom stereocenters. The van der Waals surface area contributed by atoms with Crippen molar-refractivity contribution in [2.75, 3.05) is 5.32 Å². The third-order valence-electron chi connectivity index (χ3n) is 4.92. The molecule has 0 aliphatic heterocycles. The van der Waals surface area contributed by atoms with Gasteiger partial charge in [-0.2, -0.15) is 28.2 Å². The number of hydrogen-bond acceptors (Lipinski definition) is 9. The Bertz CT molecular complexity index is 1390. The van der Waals surface area contributed by atoms with Crippen LogP contribution in [0.2, 0.25) is 0 Å². The molecular weight excluding hydrogens is 479 g/mol. The first kappa shape index (κ1) is 24.8. The van der Waals surface area contributed by atoms with E-state index in [9.17, 15) is 18.0 Å². The maximum atomic E-state index is 13.9. The van der Waals surface area contributed by atoms with Gasteiger partial charge in [-0.15, -0.1) is 0 Å². The van der Waals surface area contributed by atoms with Gasteiger partial charge in [-0.25, -0.2) is 9.97 Å². The van der Waals surface area contributed by atoms with Crippen LogP contribution in [0.3, 0.4) is 0 Å². The molecule has 36 heavy (non-hydrogen) atoms. The third-order valence-corrected chi connectivity index (χ3v) is 4.92. The molecule has 3 aromatic heterocycles. The highest BCUT2D eigenvalue weighted by Gasteiger charge is 2.34. The lowest BCUT2D eigenvalue weighted by Gasteiger charge is -2.15. The van der Waals surface area contributed by atoms with Gasteiger partial charge in [0.2, 0.25) is 11.8 Å². The lowest BCUT2D eigenvalue weighted by Crippen LogP contribution is -2.26. The van der Waals surface area contributed by atoms with E-state index < -0.39 is 29.6 Å². The van der Waals surface area contributed by atoms with Crippen LogP contribution >= 0.6 is 0 Å². The van der Waals surface area contributed by atoms with Gasteiger partial charge in [0.1, 0.15) is 6.33 Å². The molecule has 4 rings (SSSR count). The first-order chi connectivity index (χ1) is 16.9. The smallest absolute Gasteiger partial charge is 0.345 e. The van der Waals surface area contributed by atoms with Crippen molar-refractivity contribution in [3.8, 4) is 11.4 Å². The van der Waals surface area contributed by atoms with E-state index in [1.54, 1.807) is 24.1 Å². The fraction of sp³-hybridized carbons (Fsp3) is 0.318. The summed E-state index contributed by atoms with van der Waals surface area (Å²) in [7, 11) is 1.73. The summed E-state index contributed by atoms with van der Waals surface area (Å²) in [5, 5.41) is 12.9. The lowest BCUT2D eigenvalue weighted by atomic mass is 9.97. The highest BCUT2D eigenvalue weighted by Crippen LogP contribution is 2.34. The highest BCUT2D eigenvalue weighted by molar-refractivity contribution is 5.90. The molecule has 3 heterocycles. The Labute approximate surface area is 203 Å². The van der Waals surface area contributed by atoms with E-state index >= 15 is 0 Å². The van der Waals surface area contributed by atoms with Gasteiger partial charge < -0.3 is 15.2 Å². The second-order valence-electron chi connectivity index (χ2n) is 8.89. The Kier molecular flexibility index (Phi) is 6.43. The van der Waals surface area contributed by atoms with Gasteiger partial charge in [-0.3, -0.25) is 9.48 Å². The maximum absolute atomic E-state index is 13.9. The van der Waals surface area contributed by atoms with E-state index in [1.807, 2.05) is 20.8 Å². The van der Waals surface area contributed by atoms with E-state index in [2.05, 4.69) is 40.8 Å². The molecule has 0 bridgehead atoms. The second-order valence-corrected chi connectivity index (χ2v) is 8.89. The summed E-state index contributed by atoms with van der Waals surface area (Å²) in [6, 6.07) is 3.62. The Balaban J connectivity index is 1.55. The number of carbonyl (C=O) groups excluding carboxylic acids is 1. The number of benzene rings is 1. The Morgan fingerprint density at radius 3 is 2.56 bits per heavy atom. The van der Waals surface area contributed by atoms with Crippen LogP contribution in [-0.4, -0.2) is 40.8 Å². The van der Waals surface area contributed by atoms with Crippen LogP contribution in [0.15, 0.2) is 41.4 Å². The second kappa shape index (κ2) is 9.36. The summed E-state index contributed by atoms with van der Waals surface area (Å²) in [5.41, 5.74) is -0.837. The molecule has 0 aliphatic rings. The highest BCUT2D eigenvalue weighted by atomic mass is 19.4. The molecule has 11 nitrogen and oxygen atoms in total. The zero-order chi connectivity index (χ0) is 26.1. The van der Waals surface area contributed by atoms with Crippen LogP contribution in [0.25, 0.3) is 11.4 Å². The van der Waals surface area contributed by atoms with Crippen molar-refractivity contribution in [1.29, 1.82) is 0 Å². The van der Waals surface area contributed by atoms with Gasteiger partial charge in [0, 0.05) is 30.8 Å². The van der Waals surface area contributed by atoms with Crippen LogP contribution < -0.4 is 10.6 Å². The molecule has 1 aromatic carbocycles. The van der Waals surface area contributed by atoms with E-state index in [4.69, 9.17) is 4.52 Å². The standard InChI is InChI=1S/C22H22F3N9O2/c1-21(2,3)19-31-17(33-36-19)18(35)26-8-13-6-5-12(7-15(13)22(23,24)25)16-27-11-28-20(32-16)30-14-9-29-34(4)10-14/h5-7,9-11H,8H2,1-4H3,(H,26,35)(H,27,28,30,32). The predicted octanol–water partition coefficient (Wildman–Crippen LogP) is 3.65. The normalized spacial score (nSPS) is 12.0. The number of amides is 1. The molecule has 188 valence electrons. The molecule has 14 heteroatoms. The molecular formula is C22H22F3N9O2. The summed E-state index contributed by atoms with van der Waals surface area (Å²) >= 11 is 0. The first-order valence-corrected chi connectivity index (χ1v) is 10.7. The van der Waals surface area contributed by atoms with E-state index in [1.165, 1.54) is 18.5 Å². The number of anilines is 2. The Morgan fingerprint density at radius 1 is 1.14 bits per heavy atom. The van der Waals surface area contributed by atoms with E-state index in [-0.39, 0.29) is 34.6 Å². The summed E-state index contributed by atoms with van der Waals surface area (Å²) in [4.78, 5) is 28.6. The predicted molar refractivity (Wildman–Crippen MR) is 121 cm³/mol. The van der Waals surface area contributed by atoms with Gasteiger partial charge in [0.05, 0.1) is 17.4 Å². The van der Waals surface area contributed by atoms with Gasteiger partial charge >= 0.3 is 6.18 Å². The molecule has 0 saturated carbocycles. The average molecular weight is 501 g/mol. The maximum Gasteiger partial charge on any atom is 0.416 e. The number of hydrogen-bond donors (Lipinski definition) is 2. The van der Waals surface area contributed by atoms with Crippen LogP contribution in [-0.2, 0) is 25.2 Å². The fourth-order valence-electron chi connectivity index (χ4n) is 3.12. The number of alkyl halides is 3. The number of nitrogens with one attached hydrogen (secondary N) is 2. The molecule has 0 radical (unpaired) electrons. The van der Waals surface area contributed by atoms with Crippen LogP contribution in [0.5, 0.6) is 0 Å². The molecule has 1 amide bonds. The number of nitrogens with zero attached hydrogens (tertiary/aromatic N) is 7. The summed E-state index contributed by atoms with van der Waals surface area (Å²) < 4.78 is 48.2. The molecule has 0 saturated heterocycles. The Morgan fingerprint density at radius 2 is 1.92 bits per heavy atom. The fourth-order valence-corrected chi connectivity index (χ4v) is 3.12. The minimum absolute atomic E-state index is 0.0407. The van der Waals surface area contributed by atoms with Crippen molar-refractivity contribution >= 4 is 17.5 Å². The molecule has 0 atom stereocenters. The monoisotopic (exact) mass is 501 g/mol. The zero-order valence-electron chi connectivity index (χ0n) is 19.8. The molecule has 0 aliphatic carbocycles. The molecule has 0 spiro atoms. The van der Waals surface area contributed by atoms with Crippen LogP contribution in [0, 0.1) is 0 Å². The van der Waals surface area contributed by atoms with E-state index in [0.29, 0.717) is 5.69 Å². The molecule has 4 aromatic rings. The number of aryl methyl sites for hydroxylation is 1. The van der Waals surface area contributed by atoms with Gasteiger partial charge in [-0.05, 0) is 11.6 Å². The summed E-state index contributed by atoms with van der Waals surface area (Å²) in [6.07, 6.45) is -0.260. The van der Waals surface area contributed by atoms with Crippen molar-refractivity contribution in [2.24, 2.45) is 7.05 Å². The van der Waals surface area contributed by atoms with Crippen molar-refractivity contribution in [3.63, 3.8) is 0 Å².